The van der Waals surface area contributed by atoms with Crippen LogP contribution in [-0.4, -0.2) is 12.1 Å². The minimum atomic E-state index is 0.740. The standard InChI is InChI=1S/C16H18N2O/c1-4-12(9-11(2)19-3)14-7-8-18-16-6-5-13(17)10-15(14)16/h4-10H,17H2,1-3H3. The van der Waals surface area contributed by atoms with Crippen molar-refractivity contribution in [3.8, 4) is 0 Å². The van der Waals surface area contributed by atoms with Crippen LogP contribution >= 0.6 is 0 Å². The zero-order valence-electron chi connectivity index (χ0n) is 11.5. The van der Waals surface area contributed by atoms with E-state index in [0.717, 1.165) is 33.5 Å². The minimum absolute atomic E-state index is 0.740. The molecule has 0 radical (unpaired) electrons. The fourth-order valence-corrected chi connectivity index (χ4v) is 2.01. The van der Waals surface area contributed by atoms with Crippen molar-refractivity contribution in [2.45, 2.75) is 13.8 Å². The third-order valence-corrected chi connectivity index (χ3v) is 3.07. The molecule has 1 heterocycles. The number of hydrogen-bond donors (Lipinski definition) is 1. The van der Waals surface area contributed by atoms with Crippen LogP contribution in [0, 0.1) is 0 Å². The summed E-state index contributed by atoms with van der Waals surface area (Å²) in [5.41, 5.74) is 9.76. The lowest BCUT2D eigenvalue weighted by Gasteiger charge is -2.09. The van der Waals surface area contributed by atoms with Gasteiger partial charge in [0.15, 0.2) is 0 Å². The number of ether oxygens (including phenoxy) is 1. The summed E-state index contributed by atoms with van der Waals surface area (Å²) in [5, 5.41) is 1.05. The minimum Gasteiger partial charge on any atom is -0.501 e. The van der Waals surface area contributed by atoms with Gasteiger partial charge >= 0.3 is 0 Å². The number of nitrogens with zero attached hydrogens (tertiary/aromatic N) is 1. The summed E-state index contributed by atoms with van der Waals surface area (Å²) in [6.45, 7) is 3.94. The fourth-order valence-electron chi connectivity index (χ4n) is 2.01. The van der Waals surface area contributed by atoms with Crippen molar-refractivity contribution >= 4 is 22.2 Å². The first kappa shape index (κ1) is 13.1. The number of methoxy groups -OCH3 is 1. The zero-order valence-corrected chi connectivity index (χ0v) is 11.5. The van der Waals surface area contributed by atoms with Gasteiger partial charge in [0.25, 0.3) is 0 Å². The van der Waals surface area contributed by atoms with Gasteiger partial charge in [-0.3, -0.25) is 4.98 Å². The first-order chi connectivity index (χ1) is 9.15. The highest BCUT2D eigenvalue weighted by Gasteiger charge is 2.06. The highest BCUT2D eigenvalue weighted by molar-refractivity contribution is 5.95. The van der Waals surface area contributed by atoms with Crippen molar-refractivity contribution in [1.29, 1.82) is 0 Å². The maximum atomic E-state index is 5.87. The van der Waals surface area contributed by atoms with E-state index >= 15 is 0 Å². The van der Waals surface area contributed by atoms with Crippen LogP contribution in [0.2, 0.25) is 0 Å². The summed E-state index contributed by atoms with van der Waals surface area (Å²) < 4.78 is 5.22. The van der Waals surface area contributed by atoms with Gasteiger partial charge in [-0.05, 0) is 55.3 Å². The molecule has 1 aromatic heterocycles. The zero-order chi connectivity index (χ0) is 13.8. The number of anilines is 1. The molecule has 0 fully saturated rings. The van der Waals surface area contributed by atoms with E-state index in [-0.39, 0.29) is 0 Å². The Morgan fingerprint density at radius 2 is 2.11 bits per heavy atom. The highest BCUT2D eigenvalue weighted by atomic mass is 16.5. The first-order valence-electron chi connectivity index (χ1n) is 6.19. The number of nitrogens with two attached hydrogens (primary N) is 1. The van der Waals surface area contributed by atoms with Gasteiger partial charge in [0.1, 0.15) is 0 Å². The number of allylic oxidation sites excluding steroid dienone is 4. The lowest BCUT2D eigenvalue weighted by molar-refractivity contribution is 0.294. The Labute approximate surface area is 113 Å². The normalized spacial score (nSPS) is 12.8. The molecule has 0 unspecified atom stereocenters. The lowest BCUT2D eigenvalue weighted by Crippen LogP contribution is -1.91. The van der Waals surface area contributed by atoms with E-state index in [1.807, 2.05) is 50.4 Å². The van der Waals surface area contributed by atoms with Gasteiger partial charge in [-0.2, -0.15) is 0 Å². The Balaban J connectivity index is 2.64. The molecule has 3 heteroatoms. The second-order valence-corrected chi connectivity index (χ2v) is 4.34. The molecule has 1 aromatic carbocycles. The summed E-state index contributed by atoms with van der Waals surface area (Å²) in [7, 11) is 1.67. The van der Waals surface area contributed by atoms with Gasteiger partial charge < -0.3 is 10.5 Å². The summed E-state index contributed by atoms with van der Waals surface area (Å²) in [5.74, 6) is 0.863. The molecule has 3 nitrogen and oxygen atoms in total. The molecule has 19 heavy (non-hydrogen) atoms. The molecule has 0 bridgehead atoms. The average molecular weight is 254 g/mol. The fraction of sp³-hybridized carbons (Fsp3) is 0.188. The second-order valence-electron chi connectivity index (χ2n) is 4.34. The molecule has 0 amide bonds. The van der Waals surface area contributed by atoms with Crippen molar-refractivity contribution in [3.63, 3.8) is 0 Å². The molecule has 0 spiro atoms. The number of aromatic nitrogens is 1. The molecule has 2 N–H and O–H groups in total. The first-order valence-corrected chi connectivity index (χ1v) is 6.19. The molecule has 98 valence electrons. The van der Waals surface area contributed by atoms with Gasteiger partial charge in [0, 0.05) is 17.3 Å². The van der Waals surface area contributed by atoms with Crippen molar-refractivity contribution in [2.75, 3.05) is 12.8 Å². The largest absolute Gasteiger partial charge is 0.501 e. The topological polar surface area (TPSA) is 48.1 Å². The molecular weight excluding hydrogens is 236 g/mol. The van der Waals surface area contributed by atoms with E-state index in [2.05, 4.69) is 11.1 Å². The van der Waals surface area contributed by atoms with Crippen LogP contribution in [0.4, 0.5) is 5.69 Å². The van der Waals surface area contributed by atoms with Gasteiger partial charge in [-0.25, -0.2) is 0 Å². The molecular formula is C16H18N2O. The van der Waals surface area contributed by atoms with Crippen LogP contribution in [0.1, 0.15) is 19.4 Å². The number of rotatable bonds is 3. The van der Waals surface area contributed by atoms with E-state index in [9.17, 15) is 0 Å². The Bertz CT molecular complexity index is 657. The van der Waals surface area contributed by atoms with Crippen LogP contribution < -0.4 is 5.73 Å². The molecule has 0 aliphatic carbocycles. The quantitative estimate of drug-likeness (QED) is 0.515. The number of benzene rings is 1. The molecule has 0 atom stereocenters. The van der Waals surface area contributed by atoms with Gasteiger partial charge in [-0.15, -0.1) is 0 Å². The van der Waals surface area contributed by atoms with E-state index in [1.165, 1.54) is 0 Å². The molecule has 0 aliphatic heterocycles. The van der Waals surface area contributed by atoms with Crippen LogP contribution in [0.3, 0.4) is 0 Å². The van der Waals surface area contributed by atoms with Gasteiger partial charge in [0.05, 0.1) is 18.4 Å². The van der Waals surface area contributed by atoms with E-state index in [1.54, 1.807) is 7.11 Å². The summed E-state index contributed by atoms with van der Waals surface area (Å²) in [6, 6.07) is 7.76. The summed E-state index contributed by atoms with van der Waals surface area (Å²) in [6.07, 6.45) is 5.88. The Kier molecular flexibility index (Phi) is 3.85. The van der Waals surface area contributed by atoms with Crippen LogP contribution in [0.25, 0.3) is 16.5 Å². The summed E-state index contributed by atoms with van der Waals surface area (Å²) >= 11 is 0. The Morgan fingerprint density at radius 3 is 2.79 bits per heavy atom. The molecule has 0 aliphatic rings. The van der Waals surface area contributed by atoms with Crippen LogP contribution in [-0.2, 0) is 4.74 Å². The molecule has 2 aromatic rings. The Morgan fingerprint density at radius 1 is 1.32 bits per heavy atom. The van der Waals surface area contributed by atoms with E-state index in [0.29, 0.717) is 0 Å². The smallest absolute Gasteiger partial charge is 0.0930 e. The van der Waals surface area contributed by atoms with Gasteiger partial charge in [0.2, 0.25) is 0 Å². The summed E-state index contributed by atoms with van der Waals surface area (Å²) in [4.78, 5) is 4.36. The SMILES string of the molecule is CC=C(C=C(C)OC)c1ccnc2ccc(N)cc12. The maximum Gasteiger partial charge on any atom is 0.0930 e. The van der Waals surface area contributed by atoms with E-state index < -0.39 is 0 Å². The number of pyridine rings is 1. The highest BCUT2D eigenvalue weighted by Crippen LogP contribution is 2.27. The lowest BCUT2D eigenvalue weighted by atomic mass is 10.00. The number of hydrogen-bond acceptors (Lipinski definition) is 3. The number of fused-ring (bicyclic) bond motifs is 1. The third-order valence-electron chi connectivity index (χ3n) is 3.07. The van der Waals surface area contributed by atoms with E-state index in [4.69, 9.17) is 10.5 Å². The van der Waals surface area contributed by atoms with Crippen molar-refractivity contribution in [2.24, 2.45) is 0 Å². The number of nitrogen functional groups attached to an aromatic ring is 1. The van der Waals surface area contributed by atoms with Crippen molar-refractivity contribution in [1.82, 2.24) is 4.98 Å². The Hall–Kier alpha value is -2.29. The van der Waals surface area contributed by atoms with Crippen LogP contribution in [0.5, 0.6) is 0 Å². The monoisotopic (exact) mass is 254 g/mol. The predicted octanol–water partition coefficient (Wildman–Crippen LogP) is 3.77. The molecule has 2 rings (SSSR count). The maximum absolute atomic E-state index is 5.87. The van der Waals surface area contributed by atoms with Crippen LogP contribution in [0.15, 0.2) is 48.4 Å². The average Bonchev–Trinajstić information content (AvgIpc) is 2.44. The second kappa shape index (κ2) is 5.57. The van der Waals surface area contributed by atoms with Crippen molar-refractivity contribution < 1.29 is 4.74 Å². The predicted molar refractivity (Wildman–Crippen MR) is 80.6 cm³/mol. The molecule has 0 saturated heterocycles. The third kappa shape index (κ3) is 2.76. The molecule has 0 saturated carbocycles. The van der Waals surface area contributed by atoms with Gasteiger partial charge in [-0.1, -0.05) is 6.08 Å². The van der Waals surface area contributed by atoms with Crippen molar-refractivity contribution in [3.05, 3.63) is 53.9 Å².